The number of nitrogens with one attached hydrogen (secondary N) is 2. The standard InChI is InChI=1S/C15H18ClFN4/c1-4-13-20-14(18-5-2)9(3)15(21-13)19-10-6-7-12(17)11(16)8-10/h6-8H,4-5H2,1-3H3,(H2,18,19,20,21). The van der Waals surface area contributed by atoms with Crippen molar-refractivity contribution in [2.75, 3.05) is 17.2 Å². The molecule has 0 aliphatic carbocycles. The Morgan fingerprint density at radius 1 is 1.19 bits per heavy atom. The molecule has 0 bridgehead atoms. The second-order valence-electron chi connectivity index (χ2n) is 4.60. The van der Waals surface area contributed by atoms with Crippen LogP contribution in [-0.2, 0) is 6.42 Å². The highest BCUT2D eigenvalue weighted by atomic mass is 35.5. The molecule has 0 spiro atoms. The molecular weight excluding hydrogens is 291 g/mol. The van der Waals surface area contributed by atoms with E-state index in [9.17, 15) is 4.39 Å². The minimum absolute atomic E-state index is 0.0781. The number of nitrogens with zero attached hydrogens (tertiary/aromatic N) is 2. The number of hydrogen-bond donors (Lipinski definition) is 2. The van der Waals surface area contributed by atoms with Gasteiger partial charge in [-0.05, 0) is 32.0 Å². The maximum absolute atomic E-state index is 13.2. The van der Waals surface area contributed by atoms with Crippen molar-refractivity contribution in [2.45, 2.75) is 27.2 Å². The molecule has 0 amide bonds. The molecule has 1 aromatic heterocycles. The predicted octanol–water partition coefficient (Wildman–Crippen LogP) is 4.32. The first-order chi connectivity index (χ1) is 10.0. The van der Waals surface area contributed by atoms with Crippen LogP contribution in [0, 0.1) is 12.7 Å². The van der Waals surface area contributed by atoms with Crippen molar-refractivity contribution in [1.82, 2.24) is 9.97 Å². The lowest BCUT2D eigenvalue weighted by Gasteiger charge is -2.14. The average molecular weight is 309 g/mol. The summed E-state index contributed by atoms with van der Waals surface area (Å²) >= 11 is 5.80. The van der Waals surface area contributed by atoms with Gasteiger partial charge >= 0.3 is 0 Å². The third-order valence-electron chi connectivity index (χ3n) is 3.03. The van der Waals surface area contributed by atoms with Crippen molar-refractivity contribution in [3.63, 3.8) is 0 Å². The van der Waals surface area contributed by atoms with Gasteiger partial charge in [0.1, 0.15) is 23.3 Å². The van der Waals surface area contributed by atoms with Gasteiger partial charge in [0, 0.05) is 24.2 Å². The highest BCUT2D eigenvalue weighted by Gasteiger charge is 2.10. The van der Waals surface area contributed by atoms with E-state index in [1.54, 1.807) is 6.07 Å². The van der Waals surface area contributed by atoms with Crippen molar-refractivity contribution in [3.8, 4) is 0 Å². The summed E-state index contributed by atoms with van der Waals surface area (Å²) in [5.41, 5.74) is 1.60. The molecule has 0 radical (unpaired) electrons. The fourth-order valence-electron chi connectivity index (χ4n) is 1.89. The molecule has 0 aliphatic heterocycles. The summed E-state index contributed by atoms with van der Waals surface area (Å²) in [7, 11) is 0. The zero-order valence-electron chi connectivity index (χ0n) is 12.3. The molecule has 1 aromatic carbocycles. The van der Waals surface area contributed by atoms with Crippen molar-refractivity contribution < 1.29 is 4.39 Å². The van der Waals surface area contributed by atoms with Crippen LogP contribution in [0.15, 0.2) is 18.2 Å². The molecule has 2 N–H and O–H groups in total. The van der Waals surface area contributed by atoms with Crippen molar-refractivity contribution in [3.05, 3.63) is 40.4 Å². The Kier molecular flexibility index (Phi) is 4.96. The van der Waals surface area contributed by atoms with Crippen LogP contribution in [0.1, 0.15) is 25.2 Å². The summed E-state index contributed by atoms with van der Waals surface area (Å²) in [6.07, 6.45) is 0.734. The smallest absolute Gasteiger partial charge is 0.141 e. The van der Waals surface area contributed by atoms with Gasteiger partial charge in [-0.2, -0.15) is 0 Å². The lowest BCUT2D eigenvalue weighted by atomic mass is 10.2. The maximum atomic E-state index is 13.2. The Morgan fingerprint density at radius 3 is 2.52 bits per heavy atom. The average Bonchev–Trinajstić information content (AvgIpc) is 2.47. The molecule has 2 aromatic rings. The van der Waals surface area contributed by atoms with Gasteiger partial charge in [-0.1, -0.05) is 18.5 Å². The molecule has 0 unspecified atom stereocenters. The summed E-state index contributed by atoms with van der Waals surface area (Å²) in [5, 5.41) is 6.47. The van der Waals surface area contributed by atoms with E-state index in [2.05, 4.69) is 20.6 Å². The van der Waals surface area contributed by atoms with Crippen molar-refractivity contribution in [2.24, 2.45) is 0 Å². The van der Waals surface area contributed by atoms with E-state index in [-0.39, 0.29) is 5.02 Å². The minimum Gasteiger partial charge on any atom is -0.370 e. The van der Waals surface area contributed by atoms with Gasteiger partial charge in [0.05, 0.1) is 5.02 Å². The van der Waals surface area contributed by atoms with E-state index in [1.165, 1.54) is 12.1 Å². The molecule has 112 valence electrons. The quantitative estimate of drug-likeness (QED) is 0.864. The summed E-state index contributed by atoms with van der Waals surface area (Å²) < 4.78 is 13.2. The van der Waals surface area contributed by atoms with Crippen LogP contribution in [0.25, 0.3) is 0 Å². The molecule has 2 rings (SSSR count). The lowest BCUT2D eigenvalue weighted by Crippen LogP contribution is -2.09. The second-order valence-corrected chi connectivity index (χ2v) is 5.01. The molecule has 1 heterocycles. The van der Waals surface area contributed by atoms with Gasteiger partial charge < -0.3 is 10.6 Å². The predicted molar refractivity (Wildman–Crippen MR) is 85.0 cm³/mol. The fourth-order valence-corrected chi connectivity index (χ4v) is 2.07. The first-order valence-corrected chi connectivity index (χ1v) is 7.26. The van der Waals surface area contributed by atoms with Crippen LogP contribution in [0.2, 0.25) is 5.02 Å². The minimum atomic E-state index is -0.441. The highest BCUT2D eigenvalue weighted by Crippen LogP contribution is 2.26. The SMILES string of the molecule is CCNc1nc(CC)nc(Nc2ccc(F)c(Cl)c2)c1C. The molecule has 4 nitrogen and oxygen atoms in total. The Labute approximate surface area is 128 Å². The number of benzene rings is 1. The Bertz CT molecular complexity index is 646. The van der Waals surface area contributed by atoms with Crippen LogP contribution in [0.4, 0.5) is 21.7 Å². The molecule has 0 atom stereocenters. The first kappa shape index (κ1) is 15.5. The van der Waals surface area contributed by atoms with E-state index >= 15 is 0 Å². The number of aromatic nitrogens is 2. The normalized spacial score (nSPS) is 10.5. The van der Waals surface area contributed by atoms with E-state index in [0.29, 0.717) is 11.5 Å². The number of aryl methyl sites for hydroxylation is 1. The maximum Gasteiger partial charge on any atom is 0.141 e. The summed E-state index contributed by atoms with van der Waals surface area (Å²) in [5.74, 6) is 1.80. The molecule has 0 saturated carbocycles. The summed E-state index contributed by atoms with van der Waals surface area (Å²) in [6, 6.07) is 4.49. The Hall–Kier alpha value is -1.88. The number of hydrogen-bond acceptors (Lipinski definition) is 4. The Balaban J connectivity index is 2.37. The van der Waals surface area contributed by atoms with Gasteiger partial charge in [-0.3, -0.25) is 0 Å². The second kappa shape index (κ2) is 6.72. The van der Waals surface area contributed by atoms with Gasteiger partial charge in [0.25, 0.3) is 0 Å². The fraction of sp³-hybridized carbons (Fsp3) is 0.333. The summed E-state index contributed by atoms with van der Waals surface area (Å²) in [4.78, 5) is 8.95. The third-order valence-corrected chi connectivity index (χ3v) is 3.32. The lowest BCUT2D eigenvalue weighted by molar-refractivity contribution is 0.628. The Morgan fingerprint density at radius 2 is 1.90 bits per heavy atom. The first-order valence-electron chi connectivity index (χ1n) is 6.88. The van der Waals surface area contributed by atoms with E-state index < -0.39 is 5.82 Å². The zero-order valence-corrected chi connectivity index (χ0v) is 13.1. The van der Waals surface area contributed by atoms with Crippen LogP contribution in [0.5, 0.6) is 0 Å². The topological polar surface area (TPSA) is 49.8 Å². The largest absolute Gasteiger partial charge is 0.370 e. The third kappa shape index (κ3) is 3.61. The van der Waals surface area contributed by atoms with E-state index in [0.717, 1.165) is 30.2 Å². The van der Waals surface area contributed by atoms with Crippen LogP contribution < -0.4 is 10.6 Å². The number of halogens is 2. The van der Waals surface area contributed by atoms with Gasteiger partial charge in [-0.15, -0.1) is 0 Å². The van der Waals surface area contributed by atoms with Gasteiger partial charge in [-0.25, -0.2) is 14.4 Å². The molecule has 21 heavy (non-hydrogen) atoms. The van der Waals surface area contributed by atoms with Crippen LogP contribution in [-0.4, -0.2) is 16.5 Å². The zero-order chi connectivity index (χ0) is 15.4. The highest BCUT2D eigenvalue weighted by molar-refractivity contribution is 6.31. The van der Waals surface area contributed by atoms with Crippen LogP contribution in [0.3, 0.4) is 0 Å². The number of anilines is 3. The van der Waals surface area contributed by atoms with Crippen molar-refractivity contribution in [1.29, 1.82) is 0 Å². The van der Waals surface area contributed by atoms with E-state index in [4.69, 9.17) is 11.6 Å². The number of rotatable bonds is 5. The molecule has 0 fully saturated rings. The summed E-state index contributed by atoms with van der Waals surface area (Å²) in [6.45, 7) is 6.73. The molecular formula is C15H18ClFN4. The van der Waals surface area contributed by atoms with Gasteiger partial charge in [0.2, 0.25) is 0 Å². The molecule has 0 aliphatic rings. The molecule has 0 saturated heterocycles. The van der Waals surface area contributed by atoms with E-state index in [1.807, 2.05) is 20.8 Å². The van der Waals surface area contributed by atoms with Crippen molar-refractivity contribution >= 4 is 28.9 Å². The molecule has 6 heteroatoms. The monoisotopic (exact) mass is 308 g/mol. The van der Waals surface area contributed by atoms with Crippen LogP contribution >= 0.6 is 11.6 Å². The van der Waals surface area contributed by atoms with Gasteiger partial charge in [0.15, 0.2) is 0 Å².